The molecule has 2 heterocycles. The van der Waals surface area contributed by atoms with Crippen LogP contribution in [0.25, 0.3) is 0 Å². The number of hydrogen-bond donors (Lipinski definition) is 0. The van der Waals surface area contributed by atoms with Gasteiger partial charge in [0.1, 0.15) is 0 Å². The van der Waals surface area contributed by atoms with Gasteiger partial charge >= 0.3 is 0 Å². The van der Waals surface area contributed by atoms with Crippen LogP contribution in [0.5, 0.6) is 0 Å². The minimum Gasteiger partial charge on any atom is -0.342 e. The van der Waals surface area contributed by atoms with Gasteiger partial charge < -0.3 is 9.80 Å². The van der Waals surface area contributed by atoms with Crippen molar-refractivity contribution < 1.29 is 9.59 Å². The first-order chi connectivity index (χ1) is 11.7. The van der Waals surface area contributed by atoms with E-state index in [4.69, 9.17) is 11.6 Å². The summed E-state index contributed by atoms with van der Waals surface area (Å²) in [7, 11) is 0. The van der Waals surface area contributed by atoms with Gasteiger partial charge in [0.15, 0.2) is 0 Å². The summed E-state index contributed by atoms with van der Waals surface area (Å²) < 4.78 is 0. The number of thioether (sulfide) groups is 1. The Morgan fingerprint density at radius 2 is 1.76 bits per heavy atom. The second-order valence-electron chi connectivity index (χ2n) is 7.77. The highest BCUT2D eigenvalue weighted by Crippen LogP contribution is 2.45. The summed E-state index contributed by atoms with van der Waals surface area (Å²) in [6.45, 7) is 8.01. The zero-order valence-corrected chi connectivity index (χ0v) is 16.6. The molecule has 1 aromatic carbocycles. The number of nitrogens with zero attached hydrogens (tertiary/aromatic N) is 2. The molecule has 0 aromatic heterocycles. The molecule has 2 aliphatic heterocycles. The molecular weight excluding hydrogens is 356 g/mol. The lowest BCUT2D eigenvalue weighted by atomic mass is 9.92. The van der Waals surface area contributed by atoms with E-state index in [2.05, 4.69) is 0 Å². The van der Waals surface area contributed by atoms with Crippen molar-refractivity contribution >= 4 is 35.2 Å². The summed E-state index contributed by atoms with van der Waals surface area (Å²) in [6, 6.07) is 7.23. The summed E-state index contributed by atoms with van der Waals surface area (Å²) in [6.07, 6.45) is 1.63. The number of piperidine rings is 1. The molecule has 1 aromatic rings. The first kappa shape index (κ1) is 18.6. The maximum atomic E-state index is 13.1. The zero-order valence-electron chi connectivity index (χ0n) is 15.0. The molecule has 1 spiro atoms. The summed E-state index contributed by atoms with van der Waals surface area (Å²) in [4.78, 5) is 29.3. The maximum Gasteiger partial charge on any atom is 0.256 e. The number of rotatable bonds is 1. The van der Waals surface area contributed by atoms with Crippen LogP contribution in [0.1, 0.15) is 44.0 Å². The minimum absolute atomic E-state index is 0.00574. The normalized spacial score (nSPS) is 20.2. The van der Waals surface area contributed by atoms with E-state index in [0.29, 0.717) is 23.7 Å². The van der Waals surface area contributed by atoms with Gasteiger partial charge in [0.25, 0.3) is 5.91 Å². The molecule has 2 saturated heterocycles. The Bertz CT molecular complexity index is 678. The van der Waals surface area contributed by atoms with Crippen molar-refractivity contribution in [3.05, 3.63) is 34.9 Å². The van der Waals surface area contributed by atoms with Gasteiger partial charge in [-0.15, -0.1) is 11.8 Å². The smallest absolute Gasteiger partial charge is 0.256 e. The topological polar surface area (TPSA) is 40.6 Å². The van der Waals surface area contributed by atoms with Crippen LogP contribution in [0.2, 0.25) is 5.02 Å². The molecule has 0 unspecified atom stereocenters. The van der Waals surface area contributed by atoms with Crippen LogP contribution < -0.4 is 0 Å². The fourth-order valence-electron chi connectivity index (χ4n) is 3.62. The van der Waals surface area contributed by atoms with Crippen molar-refractivity contribution in [2.75, 3.05) is 25.4 Å². The summed E-state index contributed by atoms with van der Waals surface area (Å²) in [5.41, 5.74) is 0.208. The molecule has 0 aliphatic carbocycles. The van der Waals surface area contributed by atoms with E-state index in [1.165, 1.54) is 0 Å². The minimum atomic E-state index is -0.361. The summed E-state index contributed by atoms with van der Waals surface area (Å²) in [5, 5.41) is 0.500. The fraction of sp³-hybridized carbons (Fsp3) is 0.579. The summed E-state index contributed by atoms with van der Waals surface area (Å²) >= 11 is 8.08. The molecule has 0 N–H and O–H groups in total. The van der Waals surface area contributed by atoms with E-state index in [0.717, 1.165) is 25.1 Å². The molecule has 4 nitrogen and oxygen atoms in total. The van der Waals surface area contributed by atoms with Crippen LogP contribution in [0.15, 0.2) is 24.3 Å². The SMILES string of the molecule is CC(C)(C)C(=O)N1CCC2(CC1)SCCN2C(=O)c1ccccc1Cl. The van der Waals surface area contributed by atoms with E-state index < -0.39 is 0 Å². The van der Waals surface area contributed by atoms with Crippen molar-refractivity contribution in [2.24, 2.45) is 5.41 Å². The largest absolute Gasteiger partial charge is 0.342 e. The lowest BCUT2D eigenvalue weighted by Crippen LogP contribution is -2.55. The quantitative estimate of drug-likeness (QED) is 0.742. The van der Waals surface area contributed by atoms with Crippen molar-refractivity contribution in [1.29, 1.82) is 0 Å². The molecule has 0 atom stereocenters. The van der Waals surface area contributed by atoms with E-state index in [-0.39, 0.29) is 22.1 Å². The number of likely N-dealkylation sites (tertiary alicyclic amines) is 1. The van der Waals surface area contributed by atoms with Crippen LogP contribution in [-0.2, 0) is 4.79 Å². The highest BCUT2D eigenvalue weighted by Gasteiger charge is 2.47. The maximum absolute atomic E-state index is 13.1. The van der Waals surface area contributed by atoms with Crippen LogP contribution >= 0.6 is 23.4 Å². The predicted octanol–water partition coefficient (Wildman–Crippen LogP) is 3.89. The Balaban J connectivity index is 1.76. The van der Waals surface area contributed by atoms with E-state index in [1.807, 2.05) is 54.5 Å². The number of benzene rings is 1. The van der Waals surface area contributed by atoms with Gasteiger partial charge in [-0.1, -0.05) is 44.5 Å². The third kappa shape index (κ3) is 3.54. The average Bonchev–Trinajstić information content (AvgIpc) is 2.97. The lowest BCUT2D eigenvalue weighted by Gasteiger charge is -2.45. The lowest BCUT2D eigenvalue weighted by molar-refractivity contribution is -0.141. The number of halogens is 1. The van der Waals surface area contributed by atoms with Gasteiger partial charge in [-0.05, 0) is 25.0 Å². The van der Waals surface area contributed by atoms with Crippen LogP contribution in [0, 0.1) is 5.41 Å². The highest BCUT2D eigenvalue weighted by atomic mass is 35.5. The van der Waals surface area contributed by atoms with Crippen LogP contribution in [-0.4, -0.2) is 51.9 Å². The molecule has 6 heteroatoms. The Kier molecular flexibility index (Phi) is 5.09. The molecule has 3 rings (SSSR count). The fourth-order valence-corrected chi connectivity index (χ4v) is 5.29. The second-order valence-corrected chi connectivity index (χ2v) is 9.64. The Morgan fingerprint density at radius 3 is 2.36 bits per heavy atom. The molecule has 25 heavy (non-hydrogen) atoms. The van der Waals surface area contributed by atoms with E-state index in [1.54, 1.807) is 12.1 Å². The van der Waals surface area contributed by atoms with E-state index >= 15 is 0 Å². The second kappa shape index (κ2) is 6.84. The predicted molar refractivity (Wildman–Crippen MR) is 103 cm³/mol. The van der Waals surface area contributed by atoms with Crippen LogP contribution in [0.3, 0.4) is 0 Å². The number of carbonyl (C=O) groups is 2. The number of carbonyl (C=O) groups excluding carboxylic acids is 2. The highest BCUT2D eigenvalue weighted by molar-refractivity contribution is 8.00. The number of hydrogen-bond acceptors (Lipinski definition) is 3. The standard InChI is InChI=1S/C19H25ClN2O2S/c1-18(2,3)17(24)21-10-8-19(9-11-21)22(12-13-25-19)16(23)14-6-4-5-7-15(14)20/h4-7H,8-13H2,1-3H3. The monoisotopic (exact) mass is 380 g/mol. The van der Waals surface area contributed by atoms with Crippen molar-refractivity contribution in [3.8, 4) is 0 Å². The summed E-state index contributed by atoms with van der Waals surface area (Å²) in [5.74, 6) is 1.13. The van der Waals surface area contributed by atoms with Crippen molar-refractivity contribution in [3.63, 3.8) is 0 Å². The first-order valence-corrected chi connectivity index (χ1v) is 10.1. The van der Waals surface area contributed by atoms with Gasteiger partial charge in [0.2, 0.25) is 5.91 Å². The van der Waals surface area contributed by atoms with Gasteiger partial charge in [0, 0.05) is 30.8 Å². The third-order valence-electron chi connectivity index (χ3n) is 5.00. The zero-order chi connectivity index (χ0) is 18.2. The Labute approximate surface area is 158 Å². The number of amides is 2. The van der Waals surface area contributed by atoms with Crippen molar-refractivity contribution in [2.45, 2.75) is 38.5 Å². The van der Waals surface area contributed by atoms with Gasteiger partial charge in [-0.25, -0.2) is 0 Å². The van der Waals surface area contributed by atoms with E-state index in [9.17, 15) is 9.59 Å². The molecule has 2 fully saturated rings. The average molecular weight is 381 g/mol. The Hall–Kier alpha value is -1.20. The van der Waals surface area contributed by atoms with Gasteiger partial charge in [0.05, 0.1) is 15.5 Å². The van der Waals surface area contributed by atoms with Gasteiger partial charge in [-0.2, -0.15) is 0 Å². The molecule has 2 aliphatic rings. The first-order valence-electron chi connectivity index (χ1n) is 8.74. The van der Waals surface area contributed by atoms with Gasteiger partial charge in [-0.3, -0.25) is 9.59 Å². The third-order valence-corrected chi connectivity index (χ3v) is 6.88. The molecule has 2 amide bonds. The molecule has 0 bridgehead atoms. The molecule has 0 radical (unpaired) electrons. The Morgan fingerprint density at radius 1 is 1.12 bits per heavy atom. The van der Waals surface area contributed by atoms with Crippen molar-refractivity contribution in [1.82, 2.24) is 9.80 Å². The van der Waals surface area contributed by atoms with Crippen LogP contribution in [0.4, 0.5) is 0 Å². The molecular formula is C19H25ClN2O2S. The molecule has 0 saturated carbocycles. The molecule has 136 valence electrons.